The van der Waals surface area contributed by atoms with Crippen molar-refractivity contribution in [2.75, 3.05) is 21.7 Å². The summed E-state index contributed by atoms with van der Waals surface area (Å²) in [4.78, 5) is 30.6. The number of thioether (sulfide) groups is 1. The van der Waals surface area contributed by atoms with Crippen molar-refractivity contribution >= 4 is 45.9 Å². The average Bonchev–Trinajstić information content (AvgIpc) is 2.96. The quantitative estimate of drug-likeness (QED) is 0.772. The predicted octanol–water partition coefficient (Wildman–Crippen LogP) is 4.37. The van der Waals surface area contributed by atoms with E-state index in [1.54, 1.807) is 29.2 Å². The number of carbonyl (C=O) groups is 2. The molecule has 2 aromatic rings. The number of nitrogens with one attached hydrogen (secondary N) is 1. The molecule has 0 saturated carbocycles. The molecular formula is C20H22N4O2S. The number of nitrogen functional groups attached to an aromatic ring is 1. The molecule has 27 heavy (non-hydrogen) atoms. The number of carbonyl (C=O) groups excluding carboxylic acids is 2. The van der Waals surface area contributed by atoms with Gasteiger partial charge >= 0.3 is 6.03 Å². The summed E-state index contributed by atoms with van der Waals surface area (Å²) in [5.74, 6) is 0.426. The summed E-state index contributed by atoms with van der Waals surface area (Å²) < 4.78 is 0. The van der Waals surface area contributed by atoms with Gasteiger partial charge in [-0.05, 0) is 54.3 Å². The van der Waals surface area contributed by atoms with Gasteiger partial charge in [0.15, 0.2) is 5.17 Å². The standard InChI is InChI=1S/C20H22N4O2S/c1-12(2)16-9-4-13(3)10-17(16)24-18(25)11-27-20(24)23-19(26)22-15-7-5-14(21)6-8-15/h4-10,12H,11,21H2,1-3H3,(H,22,26)/b23-20-. The molecule has 0 aliphatic carbocycles. The Morgan fingerprint density at radius 1 is 1.22 bits per heavy atom. The van der Waals surface area contributed by atoms with Crippen LogP contribution in [0.3, 0.4) is 0 Å². The number of aliphatic imine (C=N–C) groups is 1. The Morgan fingerprint density at radius 3 is 2.59 bits per heavy atom. The molecule has 0 radical (unpaired) electrons. The first-order valence-electron chi connectivity index (χ1n) is 8.66. The number of urea groups is 1. The topological polar surface area (TPSA) is 87.8 Å². The van der Waals surface area contributed by atoms with Crippen LogP contribution in [0.5, 0.6) is 0 Å². The molecule has 0 aromatic heterocycles. The highest BCUT2D eigenvalue weighted by Crippen LogP contribution is 2.34. The zero-order valence-corrected chi connectivity index (χ0v) is 16.3. The zero-order valence-electron chi connectivity index (χ0n) is 15.5. The molecule has 1 aliphatic rings. The maximum Gasteiger partial charge on any atom is 0.347 e. The second-order valence-electron chi connectivity index (χ2n) is 6.68. The number of hydrogen-bond donors (Lipinski definition) is 2. The van der Waals surface area contributed by atoms with Crippen LogP contribution in [0.2, 0.25) is 0 Å². The summed E-state index contributed by atoms with van der Waals surface area (Å²) >= 11 is 1.27. The first-order valence-corrected chi connectivity index (χ1v) is 9.65. The Balaban J connectivity index is 1.90. The van der Waals surface area contributed by atoms with Crippen LogP contribution in [0.1, 0.15) is 30.9 Å². The van der Waals surface area contributed by atoms with Crippen molar-refractivity contribution in [1.29, 1.82) is 0 Å². The first-order chi connectivity index (χ1) is 12.8. The van der Waals surface area contributed by atoms with E-state index < -0.39 is 6.03 Å². The highest BCUT2D eigenvalue weighted by molar-refractivity contribution is 8.15. The average molecular weight is 382 g/mol. The fraction of sp³-hybridized carbons (Fsp3) is 0.250. The molecule has 2 aromatic carbocycles. The van der Waals surface area contributed by atoms with Crippen molar-refractivity contribution in [3.63, 3.8) is 0 Å². The van der Waals surface area contributed by atoms with Gasteiger partial charge in [0.05, 0.1) is 11.4 Å². The number of amides is 3. The molecule has 3 rings (SSSR count). The van der Waals surface area contributed by atoms with Crippen molar-refractivity contribution < 1.29 is 9.59 Å². The van der Waals surface area contributed by atoms with Gasteiger partial charge in [-0.25, -0.2) is 4.79 Å². The van der Waals surface area contributed by atoms with Gasteiger partial charge in [-0.15, -0.1) is 0 Å². The number of rotatable bonds is 3. The minimum atomic E-state index is -0.527. The van der Waals surface area contributed by atoms with E-state index in [1.807, 2.05) is 25.1 Å². The number of amidine groups is 1. The Bertz CT molecular complexity index is 907. The van der Waals surface area contributed by atoms with Crippen LogP contribution >= 0.6 is 11.8 Å². The number of benzene rings is 2. The van der Waals surface area contributed by atoms with E-state index in [0.717, 1.165) is 16.8 Å². The summed E-state index contributed by atoms with van der Waals surface area (Å²) in [5, 5.41) is 3.09. The molecule has 0 bridgehead atoms. The van der Waals surface area contributed by atoms with Crippen molar-refractivity contribution in [2.24, 2.45) is 4.99 Å². The molecule has 6 nitrogen and oxygen atoms in total. The van der Waals surface area contributed by atoms with Gasteiger partial charge in [0.25, 0.3) is 0 Å². The normalized spacial score (nSPS) is 15.6. The van der Waals surface area contributed by atoms with E-state index in [4.69, 9.17) is 5.73 Å². The lowest BCUT2D eigenvalue weighted by molar-refractivity contribution is -0.115. The fourth-order valence-corrected chi connectivity index (χ4v) is 3.68. The van der Waals surface area contributed by atoms with Gasteiger partial charge in [0.1, 0.15) is 0 Å². The summed E-state index contributed by atoms with van der Waals surface area (Å²) in [6.07, 6.45) is 0. The minimum absolute atomic E-state index is 0.0773. The highest BCUT2D eigenvalue weighted by atomic mass is 32.2. The van der Waals surface area contributed by atoms with Crippen molar-refractivity contribution in [3.8, 4) is 0 Å². The van der Waals surface area contributed by atoms with Crippen molar-refractivity contribution in [1.82, 2.24) is 0 Å². The van der Waals surface area contributed by atoms with Crippen molar-refractivity contribution in [3.05, 3.63) is 53.6 Å². The highest BCUT2D eigenvalue weighted by Gasteiger charge is 2.32. The van der Waals surface area contributed by atoms with E-state index in [0.29, 0.717) is 16.5 Å². The van der Waals surface area contributed by atoms with E-state index in [9.17, 15) is 9.59 Å². The molecular weight excluding hydrogens is 360 g/mol. The predicted molar refractivity (Wildman–Crippen MR) is 113 cm³/mol. The molecule has 1 saturated heterocycles. The fourth-order valence-electron chi connectivity index (χ4n) is 2.82. The summed E-state index contributed by atoms with van der Waals surface area (Å²) in [7, 11) is 0. The summed E-state index contributed by atoms with van der Waals surface area (Å²) in [6, 6.07) is 12.3. The smallest absolute Gasteiger partial charge is 0.347 e. The lowest BCUT2D eigenvalue weighted by Gasteiger charge is -2.22. The molecule has 140 valence electrons. The minimum Gasteiger partial charge on any atom is -0.399 e. The monoisotopic (exact) mass is 382 g/mol. The van der Waals surface area contributed by atoms with Crippen LogP contribution in [0, 0.1) is 6.92 Å². The third-order valence-electron chi connectivity index (χ3n) is 4.17. The largest absolute Gasteiger partial charge is 0.399 e. The molecule has 0 atom stereocenters. The van der Waals surface area contributed by atoms with Gasteiger partial charge in [0.2, 0.25) is 5.91 Å². The number of nitrogens with zero attached hydrogens (tertiary/aromatic N) is 2. The third kappa shape index (κ3) is 4.31. The number of hydrogen-bond acceptors (Lipinski definition) is 4. The maximum atomic E-state index is 12.5. The molecule has 1 heterocycles. The van der Waals surface area contributed by atoms with Gasteiger partial charge in [-0.3, -0.25) is 9.69 Å². The Labute approximate surface area is 162 Å². The zero-order chi connectivity index (χ0) is 19.6. The molecule has 3 N–H and O–H groups in total. The molecule has 1 aliphatic heterocycles. The van der Waals surface area contributed by atoms with Gasteiger partial charge < -0.3 is 11.1 Å². The number of aryl methyl sites for hydroxylation is 1. The van der Waals surface area contributed by atoms with E-state index in [-0.39, 0.29) is 17.6 Å². The van der Waals surface area contributed by atoms with E-state index in [1.165, 1.54) is 11.8 Å². The Hall–Kier alpha value is -2.80. The van der Waals surface area contributed by atoms with Crippen LogP contribution in [-0.2, 0) is 4.79 Å². The number of anilines is 3. The Kier molecular flexibility index (Phi) is 5.51. The van der Waals surface area contributed by atoms with Crippen LogP contribution in [0.15, 0.2) is 47.5 Å². The Morgan fingerprint density at radius 2 is 1.93 bits per heavy atom. The molecule has 1 fully saturated rings. The first kappa shape index (κ1) is 19.0. The molecule has 7 heteroatoms. The second-order valence-corrected chi connectivity index (χ2v) is 7.62. The second kappa shape index (κ2) is 7.84. The molecule has 0 unspecified atom stereocenters. The van der Waals surface area contributed by atoms with Crippen LogP contribution in [0.4, 0.5) is 21.9 Å². The van der Waals surface area contributed by atoms with E-state index in [2.05, 4.69) is 24.2 Å². The lowest BCUT2D eigenvalue weighted by atomic mass is 9.99. The SMILES string of the molecule is Cc1ccc(C(C)C)c(N2C(=O)CS/C2=N\C(=O)Nc2ccc(N)cc2)c1. The van der Waals surface area contributed by atoms with Gasteiger partial charge in [0, 0.05) is 11.4 Å². The molecule has 3 amide bonds. The number of nitrogens with two attached hydrogens (primary N) is 1. The maximum absolute atomic E-state index is 12.5. The lowest BCUT2D eigenvalue weighted by Crippen LogP contribution is -2.31. The third-order valence-corrected chi connectivity index (χ3v) is 5.10. The van der Waals surface area contributed by atoms with Gasteiger partial charge in [-0.1, -0.05) is 37.7 Å². The van der Waals surface area contributed by atoms with Crippen molar-refractivity contribution in [2.45, 2.75) is 26.7 Å². The summed E-state index contributed by atoms with van der Waals surface area (Å²) in [6.45, 7) is 6.13. The van der Waals surface area contributed by atoms with E-state index >= 15 is 0 Å². The van der Waals surface area contributed by atoms with Gasteiger partial charge in [-0.2, -0.15) is 4.99 Å². The van der Waals surface area contributed by atoms with Crippen LogP contribution < -0.4 is 16.0 Å². The molecule has 0 spiro atoms. The van der Waals surface area contributed by atoms with Crippen LogP contribution in [0.25, 0.3) is 0 Å². The van der Waals surface area contributed by atoms with Crippen LogP contribution in [-0.4, -0.2) is 22.9 Å². The summed E-state index contributed by atoms with van der Waals surface area (Å²) in [5.41, 5.74) is 9.74.